The quantitative estimate of drug-likeness (QED) is 0.607. The molecule has 0 heterocycles. The van der Waals surface area contributed by atoms with Crippen molar-refractivity contribution in [2.24, 2.45) is 11.7 Å². The zero-order valence-electron chi connectivity index (χ0n) is 11.9. The predicted molar refractivity (Wildman–Crippen MR) is 70.8 cm³/mol. The van der Waals surface area contributed by atoms with Gasteiger partial charge in [0.05, 0.1) is 5.54 Å². The lowest BCUT2D eigenvalue weighted by Gasteiger charge is -2.29. The van der Waals surface area contributed by atoms with E-state index in [9.17, 15) is 4.79 Å². The Morgan fingerprint density at radius 3 is 2.35 bits per heavy atom. The van der Waals surface area contributed by atoms with Crippen LogP contribution in [-0.4, -0.2) is 30.7 Å². The zero-order valence-corrected chi connectivity index (χ0v) is 11.9. The van der Waals surface area contributed by atoms with Crippen molar-refractivity contribution in [3.8, 4) is 0 Å². The summed E-state index contributed by atoms with van der Waals surface area (Å²) in [5.41, 5.74) is 4.81. The van der Waals surface area contributed by atoms with Gasteiger partial charge in [-0.25, -0.2) is 0 Å². The highest BCUT2D eigenvalue weighted by Crippen LogP contribution is 2.13. The lowest BCUT2D eigenvalue weighted by Crippen LogP contribution is -2.55. The zero-order chi connectivity index (χ0) is 13.5. The summed E-state index contributed by atoms with van der Waals surface area (Å²) < 4.78 is 5.50. The first-order chi connectivity index (χ1) is 7.78. The Balaban J connectivity index is 3.97. The average molecular weight is 244 g/mol. The Bertz CT molecular complexity index is 229. The molecular weight excluding hydrogens is 216 g/mol. The standard InChI is InChI=1S/C13H28N2O2/c1-10(2)9-17-8-6-7-13(5,12(14)16)15-11(3)4/h10-11,15H,6-9H2,1-5H3,(H2,14,16). The molecule has 102 valence electrons. The minimum Gasteiger partial charge on any atom is -0.381 e. The summed E-state index contributed by atoms with van der Waals surface area (Å²) in [5.74, 6) is 0.251. The Kier molecular flexibility index (Phi) is 7.39. The van der Waals surface area contributed by atoms with Crippen LogP contribution in [0, 0.1) is 5.92 Å². The van der Waals surface area contributed by atoms with E-state index in [-0.39, 0.29) is 11.9 Å². The summed E-state index contributed by atoms with van der Waals surface area (Å²) in [4.78, 5) is 11.4. The van der Waals surface area contributed by atoms with Gasteiger partial charge in [-0.05, 0) is 39.5 Å². The number of primary amides is 1. The topological polar surface area (TPSA) is 64.3 Å². The van der Waals surface area contributed by atoms with Crippen LogP contribution in [0.1, 0.15) is 47.5 Å². The largest absolute Gasteiger partial charge is 0.381 e. The third-order valence-corrected chi connectivity index (χ3v) is 2.57. The summed E-state index contributed by atoms with van der Waals surface area (Å²) in [6.07, 6.45) is 1.55. The lowest BCUT2D eigenvalue weighted by molar-refractivity contribution is -0.124. The van der Waals surface area contributed by atoms with Gasteiger partial charge >= 0.3 is 0 Å². The molecule has 0 saturated heterocycles. The first-order valence-electron chi connectivity index (χ1n) is 6.43. The highest BCUT2D eigenvalue weighted by molar-refractivity contribution is 5.84. The first-order valence-corrected chi connectivity index (χ1v) is 6.43. The summed E-state index contributed by atoms with van der Waals surface area (Å²) >= 11 is 0. The molecule has 0 aliphatic heterocycles. The van der Waals surface area contributed by atoms with Crippen LogP contribution in [0.3, 0.4) is 0 Å². The molecular formula is C13H28N2O2. The molecule has 0 spiro atoms. The van der Waals surface area contributed by atoms with E-state index in [1.165, 1.54) is 0 Å². The number of amides is 1. The van der Waals surface area contributed by atoms with Gasteiger partial charge < -0.3 is 15.8 Å². The first kappa shape index (κ1) is 16.4. The number of hydrogen-bond acceptors (Lipinski definition) is 3. The average Bonchev–Trinajstić information content (AvgIpc) is 2.15. The van der Waals surface area contributed by atoms with Gasteiger partial charge in [-0.3, -0.25) is 4.79 Å². The van der Waals surface area contributed by atoms with Crippen molar-refractivity contribution < 1.29 is 9.53 Å². The maximum atomic E-state index is 11.4. The molecule has 0 aliphatic rings. The molecule has 0 radical (unpaired) electrons. The van der Waals surface area contributed by atoms with Crippen molar-refractivity contribution >= 4 is 5.91 Å². The Morgan fingerprint density at radius 2 is 1.94 bits per heavy atom. The molecule has 0 saturated carbocycles. The Morgan fingerprint density at radius 1 is 1.35 bits per heavy atom. The van der Waals surface area contributed by atoms with E-state index < -0.39 is 5.54 Å². The fourth-order valence-corrected chi connectivity index (χ4v) is 1.75. The van der Waals surface area contributed by atoms with E-state index in [0.29, 0.717) is 18.9 Å². The van der Waals surface area contributed by atoms with Crippen molar-refractivity contribution in [2.45, 2.75) is 59.0 Å². The van der Waals surface area contributed by atoms with Crippen LogP contribution in [0.25, 0.3) is 0 Å². The van der Waals surface area contributed by atoms with E-state index >= 15 is 0 Å². The SMILES string of the molecule is CC(C)COCCCC(C)(NC(C)C)C(N)=O. The van der Waals surface area contributed by atoms with Crippen molar-refractivity contribution in [2.75, 3.05) is 13.2 Å². The van der Waals surface area contributed by atoms with Crippen molar-refractivity contribution in [1.29, 1.82) is 0 Å². The second-order valence-corrected chi connectivity index (χ2v) is 5.57. The van der Waals surface area contributed by atoms with Gasteiger partial charge in [-0.15, -0.1) is 0 Å². The fourth-order valence-electron chi connectivity index (χ4n) is 1.75. The minimum atomic E-state index is -0.630. The van der Waals surface area contributed by atoms with Crippen molar-refractivity contribution in [3.63, 3.8) is 0 Å². The van der Waals surface area contributed by atoms with E-state index in [2.05, 4.69) is 19.2 Å². The molecule has 1 amide bonds. The van der Waals surface area contributed by atoms with E-state index in [4.69, 9.17) is 10.5 Å². The highest BCUT2D eigenvalue weighted by atomic mass is 16.5. The summed E-state index contributed by atoms with van der Waals surface area (Å²) in [7, 11) is 0. The highest BCUT2D eigenvalue weighted by Gasteiger charge is 2.30. The van der Waals surface area contributed by atoms with Crippen LogP contribution < -0.4 is 11.1 Å². The molecule has 4 heteroatoms. The van der Waals surface area contributed by atoms with Gasteiger partial charge in [0, 0.05) is 19.3 Å². The molecule has 0 aromatic rings. The number of ether oxygens (including phenoxy) is 1. The molecule has 3 N–H and O–H groups in total. The molecule has 1 atom stereocenters. The third kappa shape index (κ3) is 7.34. The van der Waals surface area contributed by atoms with Crippen LogP contribution in [0.2, 0.25) is 0 Å². The minimum absolute atomic E-state index is 0.240. The normalized spacial score (nSPS) is 15.2. The van der Waals surface area contributed by atoms with Gasteiger partial charge in [-0.1, -0.05) is 13.8 Å². The molecule has 0 aliphatic carbocycles. The summed E-state index contributed by atoms with van der Waals surface area (Å²) in [5, 5.41) is 3.23. The van der Waals surface area contributed by atoms with Gasteiger partial charge in [0.25, 0.3) is 0 Å². The second-order valence-electron chi connectivity index (χ2n) is 5.57. The molecule has 0 rings (SSSR count). The Hall–Kier alpha value is -0.610. The number of nitrogens with two attached hydrogens (primary N) is 1. The second kappa shape index (κ2) is 7.67. The predicted octanol–water partition coefficient (Wildman–Crippen LogP) is 1.68. The number of rotatable bonds is 9. The fraction of sp³-hybridized carbons (Fsp3) is 0.923. The van der Waals surface area contributed by atoms with Crippen molar-refractivity contribution in [1.82, 2.24) is 5.32 Å². The van der Waals surface area contributed by atoms with Gasteiger partial charge in [-0.2, -0.15) is 0 Å². The van der Waals surface area contributed by atoms with E-state index in [1.807, 2.05) is 20.8 Å². The number of nitrogens with one attached hydrogen (secondary N) is 1. The summed E-state index contributed by atoms with van der Waals surface area (Å²) in [6.45, 7) is 11.6. The number of carbonyl (C=O) groups is 1. The van der Waals surface area contributed by atoms with Crippen LogP contribution in [0.4, 0.5) is 0 Å². The van der Waals surface area contributed by atoms with E-state index in [1.54, 1.807) is 0 Å². The van der Waals surface area contributed by atoms with Gasteiger partial charge in [0.2, 0.25) is 5.91 Å². The van der Waals surface area contributed by atoms with Crippen molar-refractivity contribution in [3.05, 3.63) is 0 Å². The number of hydrogen-bond donors (Lipinski definition) is 2. The summed E-state index contributed by atoms with van der Waals surface area (Å²) in [6, 6.07) is 0.240. The van der Waals surface area contributed by atoms with Crippen LogP contribution in [0.5, 0.6) is 0 Å². The monoisotopic (exact) mass is 244 g/mol. The van der Waals surface area contributed by atoms with E-state index in [0.717, 1.165) is 13.0 Å². The molecule has 0 bridgehead atoms. The molecule has 0 aromatic carbocycles. The molecule has 17 heavy (non-hydrogen) atoms. The van der Waals surface area contributed by atoms with Crippen LogP contribution in [-0.2, 0) is 9.53 Å². The smallest absolute Gasteiger partial charge is 0.237 e. The maximum absolute atomic E-state index is 11.4. The number of carbonyl (C=O) groups excluding carboxylic acids is 1. The third-order valence-electron chi connectivity index (χ3n) is 2.57. The molecule has 4 nitrogen and oxygen atoms in total. The molecule has 0 fully saturated rings. The van der Waals surface area contributed by atoms with Gasteiger partial charge in [0.1, 0.15) is 0 Å². The van der Waals surface area contributed by atoms with Gasteiger partial charge in [0.15, 0.2) is 0 Å². The van der Waals surface area contributed by atoms with Crippen LogP contribution >= 0.6 is 0 Å². The van der Waals surface area contributed by atoms with Crippen LogP contribution in [0.15, 0.2) is 0 Å². The lowest BCUT2D eigenvalue weighted by atomic mass is 9.94. The molecule has 1 unspecified atom stereocenters. The Labute approximate surface area is 105 Å². The maximum Gasteiger partial charge on any atom is 0.237 e. The molecule has 0 aromatic heterocycles.